The molecule has 0 bridgehead atoms. The zero-order valence-electron chi connectivity index (χ0n) is 13.5. The first-order chi connectivity index (χ1) is 10.0. The van der Waals surface area contributed by atoms with Crippen LogP contribution < -0.4 is 0 Å². The summed E-state index contributed by atoms with van der Waals surface area (Å²) in [5.74, 6) is 1.86. The van der Waals surface area contributed by atoms with Gasteiger partial charge in [0.25, 0.3) is 0 Å². The number of rotatable bonds is 3. The third-order valence-electron chi connectivity index (χ3n) is 5.79. The monoisotopic (exact) mass is 292 g/mol. The predicted octanol–water partition coefficient (Wildman–Crippen LogP) is 2.28. The maximum absolute atomic E-state index is 12.9. The van der Waals surface area contributed by atoms with Gasteiger partial charge in [-0.3, -0.25) is 9.59 Å². The molecule has 21 heavy (non-hydrogen) atoms. The molecule has 3 aliphatic rings. The summed E-state index contributed by atoms with van der Waals surface area (Å²) in [6, 6.07) is -0.399. The first-order valence-corrected chi connectivity index (χ1v) is 8.61. The Labute approximate surface area is 127 Å². The van der Waals surface area contributed by atoms with E-state index in [1.165, 1.54) is 19.3 Å². The molecular weight excluding hydrogens is 264 g/mol. The highest BCUT2D eigenvalue weighted by Crippen LogP contribution is 2.35. The summed E-state index contributed by atoms with van der Waals surface area (Å²) < 4.78 is 0. The van der Waals surface area contributed by atoms with E-state index >= 15 is 0 Å². The van der Waals surface area contributed by atoms with Gasteiger partial charge in [0, 0.05) is 13.1 Å². The summed E-state index contributed by atoms with van der Waals surface area (Å²) in [6.07, 6.45) is 5.57. The summed E-state index contributed by atoms with van der Waals surface area (Å²) in [5.41, 5.74) is 0. The second-order valence-corrected chi connectivity index (χ2v) is 7.54. The van der Waals surface area contributed by atoms with Crippen LogP contribution in [0.2, 0.25) is 0 Å². The molecule has 0 aromatic heterocycles. The highest BCUT2D eigenvalue weighted by atomic mass is 16.2. The minimum atomic E-state index is -0.236. The van der Waals surface area contributed by atoms with Crippen molar-refractivity contribution in [2.45, 2.75) is 65.0 Å². The van der Waals surface area contributed by atoms with Gasteiger partial charge < -0.3 is 9.80 Å². The van der Waals surface area contributed by atoms with Crippen molar-refractivity contribution in [1.82, 2.24) is 9.80 Å². The van der Waals surface area contributed by atoms with Crippen LogP contribution in [0.3, 0.4) is 0 Å². The molecule has 4 atom stereocenters. The van der Waals surface area contributed by atoms with E-state index in [1.54, 1.807) is 0 Å². The summed E-state index contributed by atoms with van der Waals surface area (Å²) in [7, 11) is 0. The number of carbonyl (C=O) groups is 2. The molecule has 0 N–H and O–H groups in total. The second-order valence-electron chi connectivity index (χ2n) is 7.54. The van der Waals surface area contributed by atoms with Crippen LogP contribution in [0.15, 0.2) is 0 Å². The van der Waals surface area contributed by atoms with E-state index < -0.39 is 0 Å². The minimum Gasteiger partial charge on any atom is -0.329 e. The van der Waals surface area contributed by atoms with Crippen LogP contribution >= 0.6 is 0 Å². The standard InChI is InChI=1S/C17H28N2O2/c1-11(2)15-17(21)18-9-5-8-14(18)16(20)19(15)10-13-7-4-6-12(13)3/h11-15H,4-10H2,1-3H3. The van der Waals surface area contributed by atoms with E-state index in [-0.39, 0.29) is 29.8 Å². The topological polar surface area (TPSA) is 40.6 Å². The number of amides is 2. The quantitative estimate of drug-likeness (QED) is 0.800. The Balaban J connectivity index is 1.83. The fourth-order valence-corrected chi connectivity index (χ4v) is 4.51. The lowest BCUT2D eigenvalue weighted by Crippen LogP contribution is -2.65. The Bertz CT molecular complexity index is 435. The zero-order valence-corrected chi connectivity index (χ0v) is 13.5. The highest BCUT2D eigenvalue weighted by Gasteiger charge is 2.49. The van der Waals surface area contributed by atoms with E-state index in [9.17, 15) is 9.59 Å². The molecule has 2 aliphatic heterocycles. The SMILES string of the molecule is CC(C)C1C(=O)N2CCCC2C(=O)N1CC1CCCC1C. The van der Waals surface area contributed by atoms with Crippen molar-refractivity contribution in [1.29, 1.82) is 0 Å². The molecule has 3 rings (SSSR count). The van der Waals surface area contributed by atoms with Crippen LogP contribution in [0.4, 0.5) is 0 Å². The van der Waals surface area contributed by atoms with Gasteiger partial charge in [-0.25, -0.2) is 0 Å². The van der Waals surface area contributed by atoms with Crippen LogP contribution in [0.25, 0.3) is 0 Å². The molecule has 0 aromatic carbocycles. The summed E-state index contributed by atoms with van der Waals surface area (Å²) in [5, 5.41) is 0. The molecule has 3 fully saturated rings. The van der Waals surface area contributed by atoms with E-state index in [1.807, 2.05) is 9.80 Å². The fraction of sp³-hybridized carbons (Fsp3) is 0.882. The average Bonchev–Trinajstić information content (AvgIpc) is 3.05. The number of hydrogen-bond donors (Lipinski definition) is 0. The molecule has 118 valence electrons. The smallest absolute Gasteiger partial charge is 0.246 e. The normalized spacial score (nSPS) is 36.8. The van der Waals surface area contributed by atoms with Gasteiger partial charge in [0.15, 0.2) is 0 Å². The van der Waals surface area contributed by atoms with Gasteiger partial charge >= 0.3 is 0 Å². The summed E-state index contributed by atoms with van der Waals surface area (Å²) in [4.78, 5) is 29.5. The van der Waals surface area contributed by atoms with Crippen molar-refractivity contribution in [2.24, 2.45) is 17.8 Å². The van der Waals surface area contributed by atoms with Gasteiger partial charge in [-0.2, -0.15) is 0 Å². The van der Waals surface area contributed by atoms with Crippen LogP contribution in [-0.2, 0) is 9.59 Å². The number of fused-ring (bicyclic) bond motifs is 1. The molecule has 4 heteroatoms. The number of piperazine rings is 1. The Morgan fingerprint density at radius 1 is 1.10 bits per heavy atom. The lowest BCUT2D eigenvalue weighted by atomic mass is 9.91. The van der Waals surface area contributed by atoms with Crippen LogP contribution in [0, 0.1) is 17.8 Å². The molecule has 1 aliphatic carbocycles. The molecule has 2 heterocycles. The summed E-state index contributed by atoms with van der Waals surface area (Å²) in [6.45, 7) is 7.99. The first-order valence-electron chi connectivity index (χ1n) is 8.61. The molecule has 0 radical (unpaired) electrons. The molecule has 4 unspecified atom stereocenters. The molecule has 2 saturated heterocycles. The lowest BCUT2D eigenvalue weighted by Gasteiger charge is -2.45. The van der Waals surface area contributed by atoms with Gasteiger partial charge in [0.05, 0.1) is 0 Å². The maximum Gasteiger partial charge on any atom is 0.246 e. The number of hydrogen-bond acceptors (Lipinski definition) is 2. The summed E-state index contributed by atoms with van der Waals surface area (Å²) >= 11 is 0. The van der Waals surface area contributed by atoms with Gasteiger partial charge in [0.2, 0.25) is 11.8 Å². The lowest BCUT2D eigenvalue weighted by molar-refractivity contribution is -0.162. The predicted molar refractivity (Wildman–Crippen MR) is 81.6 cm³/mol. The minimum absolute atomic E-state index is 0.163. The van der Waals surface area contributed by atoms with E-state index in [0.717, 1.165) is 25.9 Å². The van der Waals surface area contributed by atoms with Crippen LogP contribution in [0.1, 0.15) is 52.9 Å². The Morgan fingerprint density at radius 2 is 1.86 bits per heavy atom. The fourth-order valence-electron chi connectivity index (χ4n) is 4.51. The zero-order chi connectivity index (χ0) is 15.1. The molecule has 0 aromatic rings. The van der Waals surface area contributed by atoms with Gasteiger partial charge in [-0.05, 0) is 37.0 Å². The van der Waals surface area contributed by atoms with E-state index in [0.29, 0.717) is 11.8 Å². The van der Waals surface area contributed by atoms with Crippen LogP contribution in [0.5, 0.6) is 0 Å². The second kappa shape index (κ2) is 5.62. The van der Waals surface area contributed by atoms with E-state index in [2.05, 4.69) is 20.8 Å². The molecule has 4 nitrogen and oxygen atoms in total. The highest BCUT2D eigenvalue weighted by molar-refractivity contribution is 5.97. The Kier molecular flexibility index (Phi) is 3.98. The average molecular weight is 292 g/mol. The van der Waals surface area contributed by atoms with Gasteiger partial charge in [-0.15, -0.1) is 0 Å². The molecule has 0 spiro atoms. The largest absolute Gasteiger partial charge is 0.329 e. The Hall–Kier alpha value is -1.06. The van der Waals surface area contributed by atoms with Crippen molar-refractivity contribution in [3.05, 3.63) is 0 Å². The van der Waals surface area contributed by atoms with Crippen molar-refractivity contribution < 1.29 is 9.59 Å². The Morgan fingerprint density at radius 3 is 2.48 bits per heavy atom. The van der Waals surface area contributed by atoms with Gasteiger partial charge in [0.1, 0.15) is 12.1 Å². The third kappa shape index (κ3) is 2.47. The first kappa shape index (κ1) is 14.9. The molecular formula is C17H28N2O2. The van der Waals surface area contributed by atoms with Crippen molar-refractivity contribution in [3.63, 3.8) is 0 Å². The number of nitrogens with zero attached hydrogens (tertiary/aromatic N) is 2. The van der Waals surface area contributed by atoms with Crippen molar-refractivity contribution in [3.8, 4) is 0 Å². The number of carbonyl (C=O) groups excluding carboxylic acids is 2. The van der Waals surface area contributed by atoms with Gasteiger partial charge in [-0.1, -0.05) is 33.6 Å². The molecule has 2 amide bonds. The van der Waals surface area contributed by atoms with Crippen molar-refractivity contribution >= 4 is 11.8 Å². The van der Waals surface area contributed by atoms with Crippen molar-refractivity contribution in [2.75, 3.05) is 13.1 Å². The van der Waals surface area contributed by atoms with Crippen LogP contribution in [-0.4, -0.2) is 46.8 Å². The maximum atomic E-state index is 12.9. The molecule has 1 saturated carbocycles. The van der Waals surface area contributed by atoms with E-state index in [4.69, 9.17) is 0 Å². The third-order valence-corrected chi connectivity index (χ3v) is 5.79.